The molecule has 2 atom stereocenters. The van der Waals surface area contributed by atoms with Gasteiger partial charge in [0.25, 0.3) is 0 Å². The van der Waals surface area contributed by atoms with Gasteiger partial charge in [-0.1, -0.05) is 25.1 Å². The van der Waals surface area contributed by atoms with E-state index in [1.54, 1.807) is 0 Å². The van der Waals surface area contributed by atoms with E-state index in [9.17, 15) is 0 Å². The fourth-order valence-corrected chi connectivity index (χ4v) is 2.34. The molecule has 0 amide bonds. The summed E-state index contributed by atoms with van der Waals surface area (Å²) in [7, 11) is 0. The van der Waals surface area contributed by atoms with Crippen molar-refractivity contribution in [3.63, 3.8) is 0 Å². The van der Waals surface area contributed by atoms with Gasteiger partial charge in [0.1, 0.15) is 0 Å². The highest BCUT2D eigenvalue weighted by Gasteiger charge is 2.30. The maximum atomic E-state index is 2.49. The van der Waals surface area contributed by atoms with Gasteiger partial charge < -0.3 is 4.90 Å². The molecule has 0 spiro atoms. The summed E-state index contributed by atoms with van der Waals surface area (Å²) >= 11 is 0. The lowest BCUT2D eigenvalue weighted by molar-refractivity contribution is 0.603. The highest BCUT2D eigenvalue weighted by molar-refractivity contribution is 5.61. The number of anilines is 1. The highest BCUT2D eigenvalue weighted by atomic mass is 15.2. The van der Waals surface area contributed by atoms with Crippen LogP contribution in [0.5, 0.6) is 0 Å². The zero-order valence-corrected chi connectivity index (χ0v) is 8.62. The molecule has 0 unspecified atom stereocenters. The van der Waals surface area contributed by atoms with E-state index < -0.39 is 0 Å². The number of rotatable bonds is 1. The number of benzene rings is 1. The van der Waals surface area contributed by atoms with Crippen molar-refractivity contribution in [1.29, 1.82) is 0 Å². The largest absolute Gasteiger partial charge is 0.368 e. The fraction of sp³-hybridized carbons (Fsp3) is 0.500. The number of likely N-dealkylation sites (N-methyl/N-ethyl adjacent to an activating group) is 1. The highest BCUT2D eigenvalue weighted by Crippen LogP contribution is 2.39. The van der Waals surface area contributed by atoms with Crippen LogP contribution in [-0.2, 0) is 0 Å². The van der Waals surface area contributed by atoms with Gasteiger partial charge in [-0.05, 0) is 25.5 Å². The Morgan fingerprint density at radius 2 is 1.92 bits per heavy atom. The minimum absolute atomic E-state index is 0.655. The van der Waals surface area contributed by atoms with E-state index in [-0.39, 0.29) is 0 Å². The van der Waals surface area contributed by atoms with Crippen molar-refractivity contribution in [1.82, 2.24) is 0 Å². The van der Waals surface area contributed by atoms with Crippen LogP contribution in [0.4, 0.5) is 5.69 Å². The molecule has 1 aromatic carbocycles. The smallest absolute Gasteiger partial charge is 0.0404 e. The molecule has 1 nitrogen and oxygen atoms in total. The van der Waals surface area contributed by atoms with Crippen LogP contribution >= 0.6 is 0 Å². The topological polar surface area (TPSA) is 3.24 Å². The Balaban J connectivity index is 2.47. The molecule has 0 fully saturated rings. The second kappa shape index (κ2) is 3.06. The van der Waals surface area contributed by atoms with E-state index in [1.807, 2.05) is 0 Å². The summed E-state index contributed by atoms with van der Waals surface area (Å²) in [4.78, 5) is 2.49. The molecule has 70 valence electrons. The quantitative estimate of drug-likeness (QED) is 0.634. The Labute approximate surface area is 80.4 Å². The molecular weight excluding hydrogens is 158 g/mol. The summed E-state index contributed by atoms with van der Waals surface area (Å²) in [5, 5.41) is 0. The Morgan fingerprint density at radius 3 is 2.62 bits per heavy atom. The molecule has 0 bridgehead atoms. The van der Waals surface area contributed by atoms with Gasteiger partial charge in [0.15, 0.2) is 0 Å². The predicted octanol–water partition coefficient (Wildman–Crippen LogP) is 3.02. The molecule has 13 heavy (non-hydrogen) atoms. The maximum absolute atomic E-state index is 2.49. The molecule has 1 heterocycles. The third kappa shape index (κ3) is 1.14. The lowest BCUT2D eigenvalue weighted by Gasteiger charge is -2.24. The van der Waals surface area contributed by atoms with Crippen molar-refractivity contribution in [2.24, 2.45) is 0 Å². The fourth-order valence-electron chi connectivity index (χ4n) is 2.34. The minimum atomic E-state index is 0.655. The number of hydrogen-bond acceptors (Lipinski definition) is 1. The van der Waals surface area contributed by atoms with E-state index in [4.69, 9.17) is 0 Å². The molecule has 0 radical (unpaired) electrons. The van der Waals surface area contributed by atoms with Crippen LogP contribution in [0.25, 0.3) is 0 Å². The van der Waals surface area contributed by atoms with Crippen LogP contribution in [0, 0.1) is 0 Å². The Bertz CT molecular complexity index is 306. The van der Waals surface area contributed by atoms with Crippen LogP contribution in [-0.4, -0.2) is 12.6 Å². The van der Waals surface area contributed by atoms with Crippen molar-refractivity contribution in [2.75, 3.05) is 11.4 Å². The molecular formula is C12H17N. The minimum Gasteiger partial charge on any atom is -0.368 e. The molecule has 1 aliphatic rings. The van der Waals surface area contributed by atoms with Crippen LogP contribution in [0.1, 0.15) is 32.3 Å². The van der Waals surface area contributed by atoms with Crippen molar-refractivity contribution in [3.05, 3.63) is 29.8 Å². The summed E-state index contributed by atoms with van der Waals surface area (Å²) < 4.78 is 0. The Kier molecular flexibility index (Phi) is 2.03. The van der Waals surface area contributed by atoms with Crippen LogP contribution in [0.2, 0.25) is 0 Å². The summed E-state index contributed by atoms with van der Waals surface area (Å²) in [5.41, 5.74) is 2.95. The molecule has 2 rings (SSSR count). The lowest BCUT2D eigenvalue weighted by atomic mass is 9.99. The van der Waals surface area contributed by atoms with Gasteiger partial charge in [-0.2, -0.15) is 0 Å². The number of fused-ring (bicyclic) bond motifs is 1. The van der Waals surface area contributed by atoms with Crippen molar-refractivity contribution in [2.45, 2.75) is 32.7 Å². The first-order valence-corrected chi connectivity index (χ1v) is 5.11. The van der Waals surface area contributed by atoms with Gasteiger partial charge in [0.05, 0.1) is 0 Å². The monoisotopic (exact) mass is 175 g/mol. The van der Waals surface area contributed by atoms with Crippen molar-refractivity contribution >= 4 is 5.69 Å². The van der Waals surface area contributed by atoms with E-state index >= 15 is 0 Å². The van der Waals surface area contributed by atoms with E-state index in [0.29, 0.717) is 12.0 Å². The predicted molar refractivity (Wildman–Crippen MR) is 57.3 cm³/mol. The van der Waals surface area contributed by atoms with E-state index in [0.717, 1.165) is 6.54 Å². The second-order valence-electron chi connectivity index (χ2n) is 3.87. The molecule has 1 heteroatoms. The van der Waals surface area contributed by atoms with Gasteiger partial charge >= 0.3 is 0 Å². The first-order chi connectivity index (χ1) is 6.25. The van der Waals surface area contributed by atoms with Gasteiger partial charge in [0.2, 0.25) is 0 Å². The van der Waals surface area contributed by atoms with Gasteiger partial charge in [-0.15, -0.1) is 0 Å². The Hall–Kier alpha value is -0.980. The zero-order chi connectivity index (χ0) is 9.42. The maximum Gasteiger partial charge on any atom is 0.0404 e. The molecule has 1 aliphatic heterocycles. The normalized spacial score (nSPS) is 26.2. The average Bonchev–Trinajstić information content (AvgIpc) is 2.41. The second-order valence-corrected chi connectivity index (χ2v) is 3.87. The zero-order valence-electron chi connectivity index (χ0n) is 8.62. The number of para-hydroxylation sites is 1. The van der Waals surface area contributed by atoms with Gasteiger partial charge in [-0.3, -0.25) is 0 Å². The molecule has 1 aromatic rings. The first kappa shape index (κ1) is 8.61. The Morgan fingerprint density at radius 1 is 1.23 bits per heavy atom. The standard InChI is InChI=1S/C12H17N/c1-4-13-10(3)9(2)11-7-5-6-8-12(11)13/h5-10H,4H2,1-3H3/t9-,10+/m1/s1. The molecule has 0 saturated heterocycles. The molecule has 0 saturated carbocycles. The number of hydrogen-bond donors (Lipinski definition) is 0. The van der Waals surface area contributed by atoms with Crippen molar-refractivity contribution in [3.8, 4) is 0 Å². The van der Waals surface area contributed by atoms with E-state index in [2.05, 4.69) is 49.9 Å². The third-order valence-corrected chi connectivity index (χ3v) is 3.29. The average molecular weight is 175 g/mol. The van der Waals surface area contributed by atoms with Gasteiger partial charge in [0, 0.05) is 24.2 Å². The first-order valence-electron chi connectivity index (χ1n) is 5.11. The van der Waals surface area contributed by atoms with Crippen LogP contribution in [0.15, 0.2) is 24.3 Å². The lowest BCUT2D eigenvalue weighted by Crippen LogP contribution is -2.30. The van der Waals surface area contributed by atoms with Crippen LogP contribution in [0.3, 0.4) is 0 Å². The summed E-state index contributed by atoms with van der Waals surface area (Å²) in [6.07, 6.45) is 0. The van der Waals surface area contributed by atoms with Gasteiger partial charge in [-0.25, -0.2) is 0 Å². The summed E-state index contributed by atoms with van der Waals surface area (Å²) in [5.74, 6) is 0.677. The molecule has 0 aliphatic carbocycles. The molecule has 0 N–H and O–H groups in total. The SMILES string of the molecule is CCN1c2ccccc2[C@H](C)[C@@H]1C. The van der Waals surface area contributed by atoms with Crippen LogP contribution < -0.4 is 4.90 Å². The number of nitrogens with zero attached hydrogens (tertiary/aromatic N) is 1. The van der Waals surface area contributed by atoms with Crippen molar-refractivity contribution < 1.29 is 0 Å². The third-order valence-electron chi connectivity index (χ3n) is 3.29. The molecule has 0 aromatic heterocycles. The summed E-state index contributed by atoms with van der Waals surface area (Å²) in [6, 6.07) is 9.42. The summed E-state index contributed by atoms with van der Waals surface area (Å²) in [6.45, 7) is 7.97. The van der Waals surface area contributed by atoms with E-state index in [1.165, 1.54) is 11.3 Å².